The summed E-state index contributed by atoms with van der Waals surface area (Å²) in [5, 5.41) is 0. The Balaban J connectivity index is 1.85. The smallest absolute Gasteiger partial charge is 0.123 e. The third-order valence-corrected chi connectivity index (χ3v) is 5.56. The maximum absolute atomic E-state index is 5.68. The molecular formula is C20H22O2. The standard InChI is InChI=1S/C20H22O2/c1-21-16-8-9-18(22-2)17(12-16)20(13-19(14-20)10-11-19)15-6-4-3-5-7-15/h3-9,12H,10-11,13-14H2,1-2H3. The van der Waals surface area contributed by atoms with Gasteiger partial charge in [-0.1, -0.05) is 30.3 Å². The molecule has 1 spiro atoms. The molecule has 2 aromatic carbocycles. The topological polar surface area (TPSA) is 18.5 Å². The van der Waals surface area contributed by atoms with Crippen molar-refractivity contribution in [2.24, 2.45) is 5.41 Å². The molecule has 2 aliphatic rings. The third kappa shape index (κ3) is 1.93. The van der Waals surface area contributed by atoms with Crippen LogP contribution in [0.2, 0.25) is 0 Å². The Bertz CT molecular complexity index is 678. The van der Waals surface area contributed by atoms with Crippen molar-refractivity contribution in [3.05, 3.63) is 59.7 Å². The maximum atomic E-state index is 5.68. The monoisotopic (exact) mass is 294 g/mol. The van der Waals surface area contributed by atoms with Gasteiger partial charge in [0.2, 0.25) is 0 Å². The van der Waals surface area contributed by atoms with Gasteiger partial charge < -0.3 is 9.47 Å². The first-order valence-corrected chi connectivity index (χ1v) is 7.99. The summed E-state index contributed by atoms with van der Waals surface area (Å²) >= 11 is 0. The highest BCUT2D eigenvalue weighted by molar-refractivity contribution is 5.53. The van der Waals surface area contributed by atoms with Gasteiger partial charge in [0.1, 0.15) is 11.5 Å². The predicted octanol–water partition coefficient (Wildman–Crippen LogP) is 4.56. The van der Waals surface area contributed by atoms with E-state index in [1.54, 1.807) is 14.2 Å². The first-order valence-electron chi connectivity index (χ1n) is 7.99. The molecule has 2 saturated carbocycles. The third-order valence-electron chi connectivity index (χ3n) is 5.56. The Labute approximate surface area is 132 Å². The van der Waals surface area contributed by atoms with E-state index in [9.17, 15) is 0 Å². The molecular weight excluding hydrogens is 272 g/mol. The van der Waals surface area contributed by atoms with Gasteiger partial charge in [0, 0.05) is 11.0 Å². The summed E-state index contributed by atoms with van der Waals surface area (Å²) in [6.45, 7) is 0. The predicted molar refractivity (Wildman–Crippen MR) is 87.7 cm³/mol. The fourth-order valence-corrected chi connectivity index (χ4v) is 4.25. The van der Waals surface area contributed by atoms with E-state index in [4.69, 9.17) is 9.47 Å². The van der Waals surface area contributed by atoms with Gasteiger partial charge in [0.15, 0.2) is 0 Å². The second-order valence-corrected chi connectivity index (χ2v) is 6.87. The van der Waals surface area contributed by atoms with Gasteiger partial charge >= 0.3 is 0 Å². The second kappa shape index (κ2) is 4.77. The summed E-state index contributed by atoms with van der Waals surface area (Å²) in [7, 11) is 3.49. The van der Waals surface area contributed by atoms with Gasteiger partial charge in [0.05, 0.1) is 14.2 Å². The van der Waals surface area contributed by atoms with Gasteiger partial charge in [-0.3, -0.25) is 0 Å². The summed E-state index contributed by atoms with van der Waals surface area (Å²) in [6.07, 6.45) is 5.23. The first-order chi connectivity index (χ1) is 10.7. The zero-order valence-electron chi connectivity index (χ0n) is 13.3. The number of hydrogen-bond donors (Lipinski definition) is 0. The minimum absolute atomic E-state index is 0.0810. The van der Waals surface area contributed by atoms with Crippen molar-refractivity contribution >= 4 is 0 Å². The van der Waals surface area contributed by atoms with Gasteiger partial charge in [-0.05, 0) is 54.9 Å². The molecule has 2 aromatic rings. The molecule has 0 atom stereocenters. The molecule has 2 heteroatoms. The number of methoxy groups -OCH3 is 2. The van der Waals surface area contributed by atoms with Crippen LogP contribution in [0.4, 0.5) is 0 Å². The van der Waals surface area contributed by atoms with E-state index in [1.165, 1.54) is 36.8 Å². The zero-order valence-corrected chi connectivity index (χ0v) is 13.3. The minimum Gasteiger partial charge on any atom is -0.497 e. The lowest BCUT2D eigenvalue weighted by Crippen LogP contribution is -2.43. The van der Waals surface area contributed by atoms with Crippen LogP contribution < -0.4 is 9.47 Å². The van der Waals surface area contributed by atoms with E-state index >= 15 is 0 Å². The van der Waals surface area contributed by atoms with Crippen molar-refractivity contribution in [2.75, 3.05) is 14.2 Å². The highest BCUT2D eigenvalue weighted by Gasteiger charge is 2.62. The van der Waals surface area contributed by atoms with E-state index in [0.717, 1.165) is 11.5 Å². The Kier molecular flexibility index (Phi) is 2.97. The highest BCUT2D eigenvalue weighted by atomic mass is 16.5. The van der Waals surface area contributed by atoms with Crippen LogP contribution in [0.3, 0.4) is 0 Å². The van der Waals surface area contributed by atoms with Crippen LogP contribution in [0, 0.1) is 5.41 Å². The van der Waals surface area contributed by atoms with Crippen molar-refractivity contribution in [3.63, 3.8) is 0 Å². The van der Waals surface area contributed by atoms with Gasteiger partial charge in [0.25, 0.3) is 0 Å². The summed E-state index contributed by atoms with van der Waals surface area (Å²) in [4.78, 5) is 0. The van der Waals surface area contributed by atoms with Gasteiger partial charge in [-0.25, -0.2) is 0 Å². The normalized spacial score (nSPS) is 20.3. The Hall–Kier alpha value is -1.96. The van der Waals surface area contributed by atoms with Crippen LogP contribution in [0.15, 0.2) is 48.5 Å². The zero-order chi connectivity index (χ0) is 15.2. The molecule has 0 heterocycles. The molecule has 0 aromatic heterocycles. The quantitative estimate of drug-likeness (QED) is 0.822. The molecule has 2 fully saturated rings. The van der Waals surface area contributed by atoms with Crippen molar-refractivity contribution in [3.8, 4) is 11.5 Å². The molecule has 114 valence electrons. The number of benzene rings is 2. The summed E-state index contributed by atoms with van der Waals surface area (Å²) in [5.41, 5.74) is 3.36. The largest absolute Gasteiger partial charge is 0.497 e. The first kappa shape index (κ1) is 13.7. The second-order valence-electron chi connectivity index (χ2n) is 6.87. The molecule has 0 aliphatic heterocycles. The maximum Gasteiger partial charge on any atom is 0.123 e. The SMILES string of the molecule is COc1ccc(OC)c(C2(c3ccccc3)CC3(CC3)C2)c1. The molecule has 0 unspecified atom stereocenters. The molecule has 0 radical (unpaired) electrons. The minimum atomic E-state index is 0.0810. The van der Waals surface area contributed by atoms with E-state index in [0.29, 0.717) is 5.41 Å². The fourth-order valence-electron chi connectivity index (χ4n) is 4.25. The highest BCUT2D eigenvalue weighted by Crippen LogP contribution is 2.71. The van der Waals surface area contributed by atoms with Crippen LogP contribution >= 0.6 is 0 Å². The van der Waals surface area contributed by atoms with Crippen molar-refractivity contribution in [2.45, 2.75) is 31.1 Å². The molecule has 0 amide bonds. The lowest BCUT2D eigenvalue weighted by atomic mass is 9.53. The van der Waals surface area contributed by atoms with Crippen molar-refractivity contribution in [1.82, 2.24) is 0 Å². The van der Waals surface area contributed by atoms with E-state index in [-0.39, 0.29) is 5.41 Å². The lowest BCUT2D eigenvalue weighted by molar-refractivity contribution is 0.154. The Morgan fingerprint density at radius 2 is 1.59 bits per heavy atom. The van der Waals surface area contributed by atoms with Gasteiger partial charge in [-0.2, -0.15) is 0 Å². The Morgan fingerprint density at radius 1 is 0.864 bits per heavy atom. The van der Waals surface area contributed by atoms with Crippen molar-refractivity contribution in [1.29, 1.82) is 0 Å². The molecule has 4 rings (SSSR count). The Morgan fingerprint density at radius 3 is 2.18 bits per heavy atom. The summed E-state index contributed by atoms with van der Waals surface area (Å²) in [6, 6.07) is 17.1. The van der Waals surface area contributed by atoms with E-state index in [1.807, 2.05) is 12.1 Å². The molecule has 2 nitrogen and oxygen atoms in total. The average Bonchev–Trinajstić information content (AvgIpc) is 3.34. The summed E-state index contributed by atoms with van der Waals surface area (Å²) < 4.78 is 11.1. The van der Waals surface area contributed by atoms with Gasteiger partial charge in [-0.15, -0.1) is 0 Å². The van der Waals surface area contributed by atoms with E-state index < -0.39 is 0 Å². The van der Waals surface area contributed by atoms with Crippen molar-refractivity contribution < 1.29 is 9.47 Å². The number of hydrogen-bond acceptors (Lipinski definition) is 2. The van der Waals surface area contributed by atoms with Crippen LogP contribution in [0.5, 0.6) is 11.5 Å². The number of ether oxygens (including phenoxy) is 2. The fraction of sp³-hybridized carbons (Fsp3) is 0.400. The molecule has 2 aliphatic carbocycles. The number of rotatable bonds is 4. The molecule has 0 N–H and O–H groups in total. The van der Waals surface area contributed by atoms with E-state index in [2.05, 4.69) is 36.4 Å². The molecule has 22 heavy (non-hydrogen) atoms. The van der Waals surface area contributed by atoms with Crippen LogP contribution in [0.1, 0.15) is 36.8 Å². The summed E-state index contributed by atoms with van der Waals surface area (Å²) in [5.74, 6) is 1.88. The van der Waals surface area contributed by atoms with Crippen LogP contribution in [-0.2, 0) is 5.41 Å². The van der Waals surface area contributed by atoms with Crippen LogP contribution in [0.25, 0.3) is 0 Å². The lowest BCUT2D eigenvalue weighted by Gasteiger charge is -2.50. The average molecular weight is 294 g/mol. The van der Waals surface area contributed by atoms with Crippen LogP contribution in [-0.4, -0.2) is 14.2 Å². The molecule has 0 saturated heterocycles. The molecule has 0 bridgehead atoms.